The average molecular weight is 363 g/mol. The summed E-state index contributed by atoms with van der Waals surface area (Å²) in [5.74, 6) is 0.999. The highest BCUT2D eigenvalue weighted by atomic mass is 35.5. The molecule has 1 fully saturated rings. The second kappa shape index (κ2) is 6.51. The molecule has 9 nitrogen and oxygen atoms in total. The molecule has 25 heavy (non-hydrogen) atoms. The lowest BCUT2D eigenvalue weighted by Crippen LogP contribution is -2.32. The number of H-pyrrole nitrogens is 1. The van der Waals surface area contributed by atoms with Crippen molar-refractivity contribution in [3.8, 4) is 0 Å². The van der Waals surface area contributed by atoms with Gasteiger partial charge in [-0.1, -0.05) is 11.6 Å². The van der Waals surface area contributed by atoms with Crippen LogP contribution in [0.3, 0.4) is 0 Å². The Hall–Kier alpha value is -2.36. The molecule has 0 aliphatic carbocycles. The van der Waals surface area contributed by atoms with Gasteiger partial charge in [0.15, 0.2) is 0 Å². The van der Waals surface area contributed by atoms with Crippen molar-refractivity contribution in [1.82, 2.24) is 30.0 Å². The summed E-state index contributed by atoms with van der Waals surface area (Å²) in [5.41, 5.74) is 1.42. The van der Waals surface area contributed by atoms with E-state index >= 15 is 0 Å². The summed E-state index contributed by atoms with van der Waals surface area (Å²) in [5, 5.41) is 25.1. The summed E-state index contributed by atoms with van der Waals surface area (Å²) >= 11 is 6.27. The van der Waals surface area contributed by atoms with Gasteiger partial charge in [-0.25, -0.2) is 0 Å². The molecule has 0 amide bonds. The quantitative estimate of drug-likeness (QED) is 0.464. The van der Waals surface area contributed by atoms with Gasteiger partial charge in [0, 0.05) is 32.0 Å². The Morgan fingerprint density at radius 1 is 1.40 bits per heavy atom. The minimum atomic E-state index is -0.484. The number of hydrogen-bond donors (Lipinski definition) is 5. The molecule has 10 heteroatoms. The van der Waals surface area contributed by atoms with E-state index in [1.54, 1.807) is 12.4 Å². The molecule has 5 N–H and O–H groups in total. The predicted octanol–water partition coefficient (Wildman–Crippen LogP) is 1.32. The van der Waals surface area contributed by atoms with Crippen molar-refractivity contribution in [2.75, 3.05) is 23.7 Å². The number of aryl methyl sites for hydroxylation is 1. The monoisotopic (exact) mass is 362 g/mol. The van der Waals surface area contributed by atoms with E-state index in [-0.39, 0.29) is 6.04 Å². The number of aliphatic hydroxyl groups is 1. The number of aromatic amines is 1. The largest absolute Gasteiger partial charge is 0.390 e. The molecule has 4 heterocycles. The van der Waals surface area contributed by atoms with E-state index in [1.165, 1.54) is 0 Å². The normalized spacial score (nSPS) is 20.3. The summed E-state index contributed by atoms with van der Waals surface area (Å²) in [4.78, 5) is 12.1. The van der Waals surface area contributed by atoms with Gasteiger partial charge in [-0.2, -0.15) is 15.1 Å². The van der Waals surface area contributed by atoms with E-state index in [0.717, 1.165) is 12.2 Å². The van der Waals surface area contributed by atoms with E-state index in [2.05, 4.69) is 36.0 Å². The van der Waals surface area contributed by atoms with Crippen LogP contribution < -0.4 is 16.0 Å². The Kier molecular flexibility index (Phi) is 4.20. The van der Waals surface area contributed by atoms with Gasteiger partial charge in [-0.3, -0.25) is 4.68 Å². The number of nitrogens with one attached hydrogen (secondary N) is 4. The first-order valence-corrected chi connectivity index (χ1v) is 8.51. The van der Waals surface area contributed by atoms with E-state index in [1.807, 2.05) is 17.8 Å². The first-order chi connectivity index (χ1) is 12.1. The molecule has 0 spiro atoms. The topological polar surface area (TPSA) is 116 Å². The van der Waals surface area contributed by atoms with Crippen molar-refractivity contribution in [1.29, 1.82) is 0 Å². The summed E-state index contributed by atoms with van der Waals surface area (Å²) in [7, 11) is 0. The van der Waals surface area contributed by atoms with Gasteiger partial charge in [0.1, 0.15) is 11.5 Å². The van der Waals surface area contributed by atoms with Gasteiger partial charge in [0.25, 0.3) is 0 Å². The number of fused-ring (bicyclic) bond motifs is 1. The third kappa shape index (κ3) is 3.13. The van der Waals surface area contributed by atoms with Gasteiger partial charge in [0.05, 0.1) is 34.4 Å². The van der Waals surface area contributed by atoms with Crippen molar-refractivity contribution in [2.24, 2.45) is 0 Å². The summed E-state index contributed by atoms with van der Waals surface area (Å²) in [6.45, 7) is 4.01. The third-order valence-electron chi connectivity index (χ3n) is 4.20. The molecule has 0 radical (unpaired) electrons. The standard InChI is InChI=1S/C15H19ClN8O/c1-2-24-7-8(3-19-24)20-15-22-13-12(9(16)4-18-13)14(23-15)21-10-5-17-6-11(10)25/h3-4,7,10-11,17,25H,2,5-6H2,1H3,(H3,18,20,21,22,23)/t10-,11+/m0/s1. The minimum Gasteiger partial charge on any atom is -0.390 e. The average Bonchev–Trinajstić information content (AvgIpc) is 3.30. The number of β-amino-alcohol motifs (C(OH)–C–C–N with tert-alkyl or cyclic N) is 1. The van der Waals surface area contributed by atoms with E-state index in [4.69, 9.17) is 11.6 Å². The van der Waals surface area contributed by atoms with Crippen LogP contribution in [0, 0.1) is 0 Å². The SMILES string of the molecule is CCn1cc(Nc2nc(N[C@H]3CNC[C@H]3O)c3c(Cl)c[nH]c3n2)cn1. The van der Waals surface area contributed by atoms with Crippen LogP contribution in [0.1, 0.15) is 6.92 Å². The molecule has 0 aromatic carbocycles. The van der Waals surface area contributed by atoms with Gasteiger partial charge in [-0.15, -0.1) is 0 Å². The van der Waals surface area contributed by atoms with Crippen LogP contribution in [-0.2, 0) is 6.54 Å². The van der Waals surface area contributed by atoms with Crippen LogP contribution in [0.5, 0.6) is 0 Å². The number of rotatable bonds is 5. The highest BCUT2D eigenvalue weighted by Crippen LogP contribution is 2.30. The predicted molar refractivity (Wildman–Crippen MR) is 96.4 cm³/mol. The first-order valence-electron chi connectivity index (χ1n) is 8.13. The van der Waals surface area contributed by atoms with Crippen LogP contribution >= 0.6 is 11.6 Å². The van der Waals surface area contributed by atoms with Crippen LogP contribution in [-0.4, -0.2) is 55.1 Å². The highest BCUT2D eigenvalue weighted by Gasteiger charge is 2.26. The van der Waals surface area contributed by atoms with Crippen LogP contribution in [0.25, 0.3) is 11.0 Å². The zero-order valence-electron chi connectivity index (χ0n) is 13.6. The molecule has 0 bridgehead atoms. The second-order valence-electron chi connectivity index (χ2n) is 5.94. The zero-order valence-corrected chi connectivity index (χ0v) is 14.4. The molecule has 1 aliphatic heterocycles. The van der Waals surface area contributed by atoms with Gasteiger partial charge < -0.3 is 26.0 Å². The van der Waals surface area contributed by atoms with Crippen LogP contribution in [0.2, 0.25) is 5.02 Å². The lowest BCUT2D eigenvalue weighted by Gasteiger charge is -2.17. The number of hydrogen-bond acceptors (Lipinski definition) is 7. The number of aromatic nitrogens is 5. The number of nitrogens with zero attached hydrogens (tertiary/aromatic N) is 4. The molecular weight excluding hydrogens is 344 g/mol. The molecule has 0 unspecified atom stereocenters. The fraction of sp³-hybridized carbons (Fsp3) is 0.400. The molecule has 2 atom stereocenters. The molecule has 3 aromatic rings. The van der Waals surface area contributed by atoms with E-state index < -0.39 is 6.10 Å². The number of aliphatic hydroxyl groups excluding tert-OH is 1. The van der Waals surface area contributed by atoms with Gasteiger partial charge in [-0.05, 0) is 6.92 Å². The molecule has 0 saturated carbocycles. The lowest BCUT2D eigenvalue weighted by atomic mass is 10.2. The number of halogens is 1. The maximum atomic E-state index is 10.0. The van der Waals surface area contributed by atoms with Crippen molar-refractivity contribution < 1.29 is 5.11 Å². The second-order valence-corrected chi connectivity index (χ2v) is 6.35. The fourth-order valence-corrected chi connectivity index (χ4v) is 3.11. The Labute approximate surface area is 148 Å². The van der Waals surface area contributed by atoms with Crippen molar-refractivity contribution in [3.63, 3.8) is 0 Å². The van der Waals surface area contributed by atoms with Crippen molar-refractivity contribution in [2.45, 2.75) is 25.6 Å². The van der Waals surface area contributed by atoms with E-state index in [0.29, 0.717) is 40.9 Å². The van der Waals surface area contributed by atoms with Gasteiger partial charge >= 0.3 is 0 Å². The summed E-state index contributed by atoms with van der Waals surface area (Å²) < 4.78 is 1.81. The first kappa shape index (κ1) is 16.1. The minimum absolute atomic E-state index is 0.139. The maximum Gasteiger partial charge on any atom is 0.231 e. The number of anilines is 3. The van der Waals surface area contributed by atoms with Crippen molar-refractivity contribution in [3.05, 3.63) is 23.6 Å². The molecule has 1 saturated heterocycles. The smallest absolute Gasteiger partial charge is 0.231 e. The molecule has 132 valence electrons. The third-order valence-corrected chi connectivity index (χ3v) is 4.50. The fourth-order valence-electron chi connectivity index (χ4n) is 2.87. The summed E-state index contributed by atoms with van der Waals surface area (Å²) in [6.07, 6.45) is 4.79. The van der Waals surface area contributed by atoms with Crippen LogP contribution in [0.4, 0.5) is 17.5 Å². The Morgan fingerprint density at radius 3 is 3.00 bits per heavy atom. The summed E-state index contributed by atoms with van der Waals surface area (Å²) in [6, 6.07) is -0.139. The lowest BCUT2D eigenvalue weighted by molar-refractivity contribution is 0.185. The molecule has 1 aliphatic rings. The maximum absolute atomic E-state index is 10.0. The highest BCUT2D eigenvalue weighted by molar-refractivity contribution is 6.36. The van der Waals surface area contributed by atoms with Gasteiger partial charge in [0.2, 0.25) is 5.95 Å². The molecular formula is C15H19ClN8O. The Morgan fingerprint density at radius 2 is 2.28 bits per heavy atom. The molecule has 3 aromatic heterocycles. The Balaban J connectivity index is 1.68. The van der Waals surface area contributed by atoms with Crippen LogP contribution in [0.15, 0.2) is 18.6 Å². The molecule has 4 rings (SSSR count). The zero-order chi connectivity index (χ0) is 17.4. The Bertz CT molecular complexity index is 891. The van der Waals surface area contributed by atoms with E-state index in [9.17, 15) is 5.11 Å². The van der Waals surface area contributed by atoms with Crippen molar-refractivity contribution >= 4 is 40.1 Å².